The van der Waals surface area contributed by atoms with Crippen LogP contribution >= 0.6 is 34.7 Å². The lowest BCUT2D eigenvalue weighted by molar-refractivity contribution is -0.114. The number of amides is 1. The summed E-state index contributed by atoms with van der Waals surface area (Å²) in [6.45, 7) is 1.56. The van der Waals surface area contributed by atoms with Gasteiger partial charge < -0.3 is 5.32 Å². The maximum Gasteiger partial charge on any atom is 0.257 e. The summed E-state index contributed by atoms with van der Waals surface area (Å²) >= 11 is 8.97. The Bertz CT molecular complexity index is 924. The molecule has 0 bridgehead atoms. The zero-order chi connectivity index (χ0) is 17.1. The fourth-order valence-corrected chi connectivity index (χ4v) is 4.18. The second-order valence-corrected chi connectivity index (χ2v) is 7.75. The number of anilines is 1. The van der Waals surface area contributed by atoms with E-state index < -0.39 is 0 Å². The number of fused-ring (bicyclic) bond motifs is 1. The van der Waals surface area contributed by atoms with Crippen LogP contribution < -0.4 is 5.32 Å². The molecule has 0 aliphatic carbocycles. The summed E-state index contributed by atoms with van der Waals surface area (Å²) in [5.74, 6) is 0.276. The number of carbonyl (C=O) groups excluding carboxylic acids is 2. The van der Waals surface area contributed by atoms with Crippen LogP contribution in [0.3, 0.4) is 0 Å². The van der Waals surface area contributed by atoms with E-state index in [2.05, 4.69) is 10.3 Å². The SMILES string of the molecule is CC(=O)CSc1nc2ccc(NC(=O)c3ccccc3Cl)cc2s1. The summed E-state index contributed by atoms with van der Waals surface area (Å²) in [5.41, 5.74) is 1.96. The Morgan fingerprint density at radius 1 is 1.25 bits per heavy atom. The number of benzene rings is 2. The minimum Gasteiger partial charge on any atom is -0.322 e. The number of nitrogens with one attached hydrogen (secondary N) is 1. The third-order valence-electron chi connectivity index (χ3n) is 3.14. The number of Topliss-reactive ketones (excluding diaryl/α,β-unsaturated/α-hetero) is 1. The van der Waals surface area contributed by atoms with Crippen molar-refractivity contribution in [2.24, 2.45) is 0 Å². The highest BCUT2D eigenvalue weighted by atomic mass is 35.5. The molecule has 0 aliphatic rings. The summed E-state index contributed by atoms with van der Waals surface area (Å²) in [5, 5.41) is 3.26. The topological polar surface area (TPSA) is 59.1 Å². The summed E-state index contributed by atoms with van der Waals surface area (Å²) in [6.07, 6.45) is 0. The van der Waals surface area contributed by atoms with Gasteiger partial charge >= 0.3 is 0 Å². The maximum absolute atomic E-state index is 12.3. The Balaban J connectivity index is 1.79. The Hall–Kier alpha value is -1.89. The molecule has 7 heteroatoms. The summed E-state index contributed by atoms with van der Waals surface area (Å²) in [6, 6.07) is 12.4. The third-order valence-corrected chi connectivity index (χ3v) is 5.78. The minimum absolute atomic E-state index is 0.118. The first-order valence-corrected chi connectivity index (χ1v) is 9.29. The number of rotatable bonds is 5. The highest BCUT2D eigenvalue weighted by Crippen LogP contribution is 2.31. The molecule has 24 heavy (non-hydrogen) atoms. The second-order valence-electron chi connectivity index (χ2n) is 5.09. The van der Waals surface area contributed by atoms with Gasteiger partial charge in [0.05, 0.1) is 26.6 Å². The van der Waals surface area contributed by atoms with E-state index in [-0.39, 0.29) is 11.7 Å². The van der Waals surface area contributed by atoms with Crippen molar-refractivity contribution >= 4 is 62.3 Å². The maximum atomic E-state index is 12.3. The molecular weight excluding hydrogens is 364 g/mol. The fourth-order valence-electron chi connectivity index (χ4n) is 2.05. The van der Waals surface area contributed by atoms with Crippen molar-refractivity contribution in [3.05, 3.63) is 53.1 Å². The Kier molecular flexibility index (Phi) is 5.18. The first-order chi connectivity index (χ1) is 11.5. The monoisotopic (exact) mass is 376 g/mol. The van der Waals surface area contributed by atoms with Crippen molar-refractivity contribution in [3.63, 3.8) is 0 Å². The van der Waals surface area contributed by atoms with Gasteiger partial charge in [0.2, 0.25) is 0 Å². The second kappa shape index (κ2) is 7.34. The summed E-state index contributed by atoms with van der Waals surface area (Å²) in [7, 11) is 0. The van der Waals surface area contributed by atoms with Crippen LogP contribution in [0, 0.1) is 0 Å². The fraction of sp³-hybridized carbons (Fsp3) is 0.118. The van der Waals surface area contributed by atoms with E-state index in [0.717, 1.165) is 14.6 Å². The Morgan fingerprint density at radius 2 is 2.04 bits per heavy atom. The van der Waals surface area contributed by atoms with Gasteiger partial charge in [-0.15, -0.1) is 11.3 Å². The van der Waals surface area contributed by atoms with Crippen LogP contribution in [-0.2, 0) is 4.79 Å². The number of hydrogen-bond acceptors (Lipinski definition) is 5. The Labute approximate surface area is 152 Å². The van der Waals surface area contributed by atoms with Gasteiger partial charge in [-0.3, -0.25) is 9.59 Å². The smallest absolute Gasteiger partial charge is 0.257 e. The van der Waals surface area contributed by atoms with Crippen molar-refractivity contribution in [3.8, 4) is 0 Å². The molecule has 1 aromatic heterocycles. The molecule has 2 aromatic carbocycles. The van der Waals surface area contributed by atoms with E-state index in [1.807, 2.05) is 12.1 Å². The number of aromatic nitrogens is 1. The van der Waals surface area contributed by atoms with Crippen molar-refractivity contribution in [1.29, 1.82) is 0 Å². The van der Waals surface area contributed by atoms with Gasteiger partial charge in [0, 0.05) is 5.69 Å². The standard InChI is InChI=1S/C17H13ClN2O2S2/c1-10(21)9-23-17-20-14-7-6-11(8-15(14)24-17)19-16(22)12-4-2-3-5-13(12)18/h2-8H,9H2,1H3,(H,19,22). The van der Waals surface area contributed by atoms with Gasteiger partial charge in [-0.1, -0.05) is 35.5 Å². The summed E-state index contributed by atoms with van der Waals surface area (Å²) in [4.78, 5) is 27.8. The number of thioether (sulfide) groups is 1. The highest BCUT2D eigenvalue weighted by Gasteiger charge is 2.11. The molecule has 4 nitrogen and oxygen atoms in total. The third kappa shape index (κ3) is 3.95. The van der Waals surface area contributed by atoms with Crippen LogP contribution in [0.15, 0.2) is 46.8 Å². The van der Waals surface area contributed by atoms with E-state index in [4.69, 9.17) is 11.6 Å². The molecule has 0 saturated carbocycles. The minimum atomic E-state index is -0.254. The number of halogens is 1. The van der Waals surface area contributed by atoms with E-state index >= 15 is 0 Å². The number of ketones is 1. The molecule has 0 aliphatic heterocycles. The van der Waals surface area contributed by atoms with E-state index in [0.29, 0.717) is 22.0 Å². The number of carbonyl (C=O) groups is 2. The van der Waals surface area contributed by atoms with Gasteiger partial charge in [0.15, 0.2) is 4.34 Å². The van der Waals surface area contributed by atoms with Crippen molar-refractivity contribution in [1.82, 2.24) is 4.98 Å². The lowest BCUT2D eigenvalue weighted by Gasteiger charge is -2.06. The van der Waals surface area contributed by atoms with Crippen molar-refractivity contribution < 1.29 is 9.59 Å². The van der Waals surface area contributed by atoms with Gasteiger partial charge in [0.1, 0.15) is 5.78 Å². The first kappa shape index (κ1) is 17.0. The predicted octanol–water partition coefficient (Wildman–Crippen LogP) is 4.88. The average molecular weight is 377 g/mol. The van der Waals surface area contributed by atoms with E-state index in [1.54, 1.807) is 37.3 Å². The molecule has 0 radical (unpaired) electrons. The Morgan fingerprint density at radius 3 is 2.79 bits per heavy atom. The van der Waals surface area contributed by atoms with Gasteiger partial charge in [-0.05, 0) is 37.3 Å². The zero-order valence-electron chi connectivity index (χ0n) is 12.7. The van der Waals surface area contributed by atoms with E-state index in [9.17, 15) is 9.59 Å². The highest BCUT2D eigenvalue weighted by molar-refractivity contribution is 8.01. The number of thiazole rings is 1. The van der Waals surface area contributed by atoms with Gasteiger partial charge in [-0.2, -0.15) is 0 Å². The molecule has 0 saturated heterocycles. The molecule has 0 fully saturated rings. The molecule has 1 amide bonds. The molecule has 0 unspecified atom stereocenters. The van der Waals surface area contributed by atoms with Gasteiger partial charge in [0.25, 0.3) is 5.91 Å². The van der Waals surface area contributed by atoms with E-state index in [1.165, 1.54) is 23.1 Å². The molecule has 0 spiro atoms. The summed E-state index contributed by atoms with van der Waals surface area (Å²) < 4.78 is 1.80. The molecule has 1 N–H and O–H groups in total. The van der Waals surface area contributed by atoms with Crippen LogP contribution in [0.5, 0.6) is 0 Å². The van der Waals surface area contributed by atoms with Crippen LogP contribution in [0.25, 0.3) is 10.2 Å². The molecule has 3 aromatic rings. The van der Waals surface area contributed by atoms with Crippen LogP contribution in [0.4, 0.5) is 5.69 Å². The predicted molar refractivity (Wildman–Crippen MR) is 100 cm³/mol. The lowest BCUT2D eigenvalue weighted by atomic mass is 10.2. The quantitative estimate of drug-likeness (QED) is 0.644. The largest absolute Gasteiger partial charge is 0.322 e. The average Bonchev–Trinajstić information content (AvgIpc) is 2.95. The van der Waals surface area contributed by atoms with Gasteiger partial charge in [-0.25, -0.2) is 4.98 Å². The number of nitrogens with zero attached hydrogens (tertiary/aromatic N) is 1. The zero-order valence-corrected chi connectivity index (χ0v) is 15.1. The molecule has 3 rings (SSSR count). The first-order valence-electron chi connectivity index (χ1n) is 7.11. The van der Waals surface area contributed by atoms with Crippen molar-refractivity contribution in [2.45, 2.75) is 11.3 Å². The molecule has 0 atom stereocenters. The molecule has 1 heterocycles. The number of hydrogen-bond donors (Lipinski definition) is 1. The molecule has 122 valence electrons. The normalized spacial score (nSPS) is 10.8. The van der Waals surface area contributed by atoms with Crippen LogP contribution in [0.2, 0.25) is 5.02 Å². The van der Waals surface area contributed by atoms with Crippen molar-refractivity contribution in [2.75, 3.05) is 11.1 Å². The van der Waals surface area contributed by atoms with Crippen LogP contribution in [0.1, 0.15) is 17.3 Å². The van der Waals surface area contributed by atoms with Crippen LogP contribution in [-0.4, -0.2) is 22.4 Å². The molecular formula is C17H13ClN2O2S2. The lowest BCUT2D eigenvalue weighted by Crippen LogP contribution is -2.12.